The third kappa shape index (κ3) is 3.24. The highest BCUT2D eigenvalue weighted by Gasteiger charge is 2.27. The summed E-state index contributed by atoms with van der Waals surface area (Å²) in [5, 5.41) is 5.55. The van der Waals surface area contributed by atoms with Gasteiger partial charge in [-0.2, -0.15) is 0 Å². The molecule has 1 fully saturated rings. The second kappa shape index (κ2) is 6.27. The number of rotatable bonds is 4. The Morgan fingerprint density at radius 2 is 1.95 bits per heavy atom. The van der Waals surface area contributed by atoms with E-state index in [0.29, 0.717) is 18.9 Å². The van der Waals surface area contributed by atoms with Crippen molar-refractivity contribution >= 4 is 16.7 Å². The second-order valence-electron chi connectivity index (χ2n) is 5.96. The van der Waals surface area contributed by atoms with Crippen LogP contribution in [0.15, 0.2) is 42.5 Å². The normalized spacial score (nSPS) is 21.6. The Morgan fingerprint density at radius 3 is 2.76 bits per heavy atom. The molecule has 3 rings (SSSR count). The van der Waals surface area contributed by atoms with Crippen molar-refractivity contribution in [3.05, 3.63) is 48.0 Å². The first-order valence-electron chi connectivity index (χ1n) is 7.73. The molecule has 21 heavy (non-hydrogen) atoms. The number of hydrogen-bond acceptors (Lipinski definition) is 2. The molecule has 0 aliphatic heterocycles. The van der Waals surface area contributed by atoms with Crippen molar-refractivity contribution in [2.24, 2.45) is 11.7 Å². The van der Waals surface area contributed by atoms with E-state index in [1.165, 1.54) is 17.2 Å². The third-order valence-electron chi connectivity index (χ3n) is 4.49. The number of nitrogens with two attached hydrogens (primary N) is 1. The predicted molar refractivity (Wildman–Crippen MR) is 86.0 cm³/mol. The summed E-state index contributed by atoms with van der Waals surface area (Å²) in [5.74, 6) is 0.557. The quantitative estimate of drug-likeness (QED) is 0.905. The van der Waals surface area contributed by atoms with Gasteiger partial charge in [0.25, 0.3) is 0 Å². The number of carbonyl (C=O) groups excluding carboxylic acids is 1. The molecule has 0 bridgehead atoms. The van der Waals surface area contributed by atoms with Gasteiger partial charge in [-0.25, -0.2) is 0 Å². The molecule has 3 heteroatoms. The highest BCUT2D eigenvalue weighted by atomic mass is 16.1. The molecule has 1 amide bonds. The van der Waals surface area contributed by atoms with E-state index < -0.39 is 0 Å². The molecule has 1 saturated carbocycles. The largest absolute Gasteiger partial charge is 0.353 e. The lowest BCUT2D eigenvalue weighted by Gasteiger charge is -2.19. The molecule has 2 aromatic carbocycles. The lowest BCUT2D eigenvalue weighted by Crippen LogP contribution is -2.40. The lowest BCUT2D eigenvalue weighted by molar-refractivity contribution is -0.121. The molecule has 0 saturated heterocycles. The fraction of sp³-hybridized carbons (Fsp3) is 0.389. The maximum absolute atomic E-state index is 12.2. The summed E-state index contributed by atoms with van der Waals surface area (Å²) in [6.07, 6.45) is 3.81. The maximum Gasteiger partial charge on any atom is 0.224 e. The predicted octanol–water partition coefficient (Wildman–Crippen LogP) is 2.63. The van der Waals surface area contributed by atoms with Crippen LogP contribution in [0.2, 0.25) is 0 Å². The third-order valence-corrected chi connectivity index (χ3v) is 4.49. The molecular formula is C18H22N2O. The number of carbonyl (C=O) groups is 1. The number of amides is 1. The molecule has 3 N–H and O–H groups in total. The molecule has 2 atom stereocenters. The zero-order chi connectivity index (χ0) is 14.7. The Labute approximate surface area is 125 Å². The van der Waals surface area contributed by atoms with E-state index in [2.05, 4.69) is 29.6 Å². The van der Waals surface area contributed by atoms with Gasteiger partial charge in [0, 0.05) is 6.04 Å². The summed E-state index contributed by atoms with van der Waals surface area (Å²) in [6.45, 7) is 0.668. The van der Waals surface area contributed by atoms with Crippen LogP contribution in [0.25, 0.3) is 10.8 Å². The minimum atomic E-state index is 0.107. The average molecular weight is 282 g/mol. The van der Waals surface area contributed by atoms with E-state index in [9.17, 15) is 4.79 Å². The smallest absolute Gasteiger partial charge is 0.224 e. The zero-order valence-electron chi connectivity index (χ0n) is 12.2. The molecule has 110 valence electrons. The molecule has 0 heterocycles. The van der Waals surface area contributed by atoms with Crippen LogP contribution in [0, 0.1) is 5.92 Å². The first-order valence-corrected chi connectivity index (χ1v) is 7.73. The first-order chi connectivity index (χ1) is 10.3. The molecule has 3 nitrogen and oxygen atoms in total. The Morgan fingerprint density at radius 1 is 1.14 bits per heavy atom. The minimum Gasteiger partial charge on any atom is -0.353 e. The van der Waals surface area contributed by atoms with E-state index >= 15 is 0 Å². The van der Waals surface area contributed by atoms with Gasteiger partial charge in [-0.05, 0) is 41.6 Å². The monoisotopic (exact) mass is 282 g/mol. The van der Waals surface area contributed by atoms with Crippen molar-refractivity contribution in [2.45, 2.75) is 31.7 Å². The summed E-state index contributed by atoms with van der Waals surface area (Å²) in [5.41, 5.74) is 6.83. The number of benzene rings is 2. The highest BCUT2D eigenvalue weighted by molar-refractivity contribution is 5.85. The van der Waals surface area contributed by atoms with Crippen LogP contribution >= 0.6 is 0 Å². The molecule has 0 spiro atoms. The number of hydrogen-bond donors (Lipinski definition) is 2. The standard InChI is InChI=1S/C18H22N2O/c19-12-16-6-3-7-17(16)20-18(21)11-13-8-9-14-4-1-2-5-15(14)10-13/h1-2,4-5,8-10,16-17H,3,6-7,11-12,19H2,(H,20,21). The van der Waals surface area contributed by atoms with Crippen molar-refractivity contribution in [2.75, 3.05) is 6.54 Å². The van der Waals surface area contributed by atoms with Crippen LogP contribution in [0.1, 0.15) is 24.8 Å². The van der Waals surface area contributed by atoms with Gasteiger partial charge in [0.15, 0.2) is 0 Å². The Balaban J connectivity index is 1.65. The SMILES string of the molecule is NCC1CCCC1NC(=O)Cc1ccc2ccccc2c1. The molecule has 1 aliphatic carbocycles. The van der Waals surface area contributed by atoms with Gasteiger partial charge in [-0.3, -0.25) is 4.79 Å². The first kappa shape index (κ1) is 14.1. The second-order valence-corrected chi connectivity index (χ2v) is 5.96. The molecule has 0 radical (unpaired) electrons. The maximum atomic E-state index is 12.2. The van der Waals surface area contributed by atoms with E-state index in [4.69, 9.17) is 5.73 Å². The van der Waals surface area contributed by atoms with Crippen molar-refractivity contribution in [3.63, 3.8) is 0 Å². The van der Waals surface area contributed by atoms with E-state index in [1.807, 2.05) is 18.2 Å². The molecular weight excluding hydrogens is 260 g/mol. The summed E-state index contributed by atoms with van der Waals surface area (Å²) >= 11 is 0. The van der Waals surface area contributed by atoms with Gasteiger partial charge in [-0.1, -0.05) is 48.9 Å². The fourth-order valence-corrected chi connectivity index (χ4v) is 3.30. The Hall–Kier alpha value is -1.87. The number of fused-ring (bicyclic) bond motifs is 1. The van der Waals surface area contributed by atoms with Gasteiger partial charge < -0.3 is 11.1 Å². The van der Waals surface area contributed by atoms with Crippen molar-refractivity contribution in [3.8, 4) is 0 Å². The van der Waals surface area contributed by atoms with Gasteiger partial charge in [0.05, 0.1) is 6.42 Å². The minimum absolute atomic E-state index is 0.107. The van der Waals surface area contributed by atoms with Crippen molar-refractivity contribution in [1.82, 2.24) is 5.32 Å². The Bertz CT molecular complexity index is 638. The van der Waals surface area contributed by atoms with Crippen LogP contribution in [0.5, 0.6) is 0 Å². The van der Waals surface area contributed by atoms with Crippen molar-refractivity contribution in [1.29, 1.82) is 0 Å². The van der Waals surface area contributed by atoms with E-state index in [1.54, 1.807) is 0 Å². The summed E-state index contributed by atoms with van der Waals surface area (Å²) < 4.78 is 0. The van der Waals surface area contributed by atoms with Gasteiger partial charge in [0.1, 0.15) is 0 Å². The summed E-state index contributed by atoms with van der Waals surface area (Å²) in [4.78, 5) is 12.2. The lowest BCUT2D eigenvalue weighted by atomic mass is 10.0. The summed E-state index contributed by atoms with van der Waals surface area (Å²) in [6, 6.07) is 14.7. The van der Waals surface area contributed by atoms with Crippen LogP contribution in [-0.4, -0.2) is 18.5 Å². The molecule has 2 unspecified atom stereocenters. The molecule has 2 aromatic rings. The molecule has 1 aliphatic rings. The van der Waals surface area contributed by atoms with Crippen LogP contribution in [0.4, 0.5) is 0 Å². The van der Waals surface area contributed by atoms with Crippen LogP contribution < -0.4 is 11.1 Å². The number of nitrogens with one attached hydrogen (secondary N) is 1. The summed E-state index contributed by atoms with van der Waals surface area (Å²) in [7, 11) is 0. The van der Waals surface area contributed by atoms with Gasteiger partial charge in [-0.15, -0.1) is 0 Å². The topological polar surface area (TPSA) is 55.1 Å². The van der Waals surface area contributed by atoms with Crippen LogP contribution in [0.3, 0.4) is 0 Å². The molecule has 0 aromatic heterocycles. The Kier molecular flexibility index (Phi) is 4.20. The zero-order valence-corrected chi connectivity index (χ0v) is 12.2. The van der Waals surface area contributed by atoms with E-state index in [0.717, 1.165) is 18.4 Å². The van der Waals surface area contributed by atoms with Crippen molar-refractivity contribution < 1.29 is 4.79 Å². The average Bonchev–Trinajstić information content (AvgIpc) is 2.94. The fourth-order valence-electron chi connectivity index (χ4n) is 3.30. The van der Waals surface area contributed by atoms with Crippen LogP contribution in [-0.2, 0) is 11.2 Å². The van der Waals surface area contributed by atoms with E-state index in [-0.39, 0.29) is 11.9 Å². The van der Waals surface area contributed by atoms with Gasteiger partial charge >= 0.3 is 0 Å². The highest BCUT2D eigenvalue weighted by Crippen LogP contribution is 2.24. The van der Waals surface area contributed by atoms with Gasteiger partial charge in [0.2, 0.25) is 5.91 Å².